The van der Waals surface area contributed by atoms with Gasteiger partial charge in [0.2, 0.25) is 0 Å². The van der Waals surface area contributed by atoms with Crippen LogP contribution >= 0.6 is 0 Å². The van der Waals surface area contributed by atoms with Crippen LogP contribution in [0.25, 0.3) is 0 Å². The summed E-state index contributed by atoms with van der Waals surface area (Å²) >= 11 is 0. The van der Waals surface area contributed by atoms with Gasteiger partial charge in [0.1, 0.15) is 13.2 Å². The summed E-state index contributed by atoms with van der Waals surface area (Å²) in [6, 6.07) is 1.72. The largest absolute Gasteiger partial charge is 0.480 e. The van der Waals surface area contributed by atoms with Gasteiger partial charge in [-0.05, 0) is 5.92 Å². The van der Waals surface area contributed by atoms with Crippen molar-refractivity contribution in [2.75, 3.05) is 18.5 Å². The zero-order valence-electron chi connectivity index (χ0n) is 9.69. The monoisotopic (exact) mass is 241 g/mol. The van der Waals surface area contributed by atoms with Crippen LogP contribution in [0.1, 0.15) is 25.5 Å². The molecule has 7 nitrogen and oxygen atoms in total. The highest BCUT2D eigenvalue weighted by atomic mass is 16.5. The van der Waals surface area contributed by atoms with Gasteiger partial charge in [-0.3, -0.25) is 9.89 Å². The Morgan fingerprint density at radius 1 is 1.53 bits per heavy atom. The molecule has 0 aliphatic rings. The van der Waals surface area contributed by atoms with Crippen LogP contribution in [-0.4, -0.2) is 40.4 Å². The minimum Gasteiger partial charge on any atom is -0.480 e. The highest BCUT2D eigenvalue weighted by molar-refractivity contribution is 5.90. The molecule has 0 spiro atoms. The SMILES string of the molecule is CC(C)c1cc(NC(=O)COCC(=O)O)n[nH]1. The van der Waals surface area contributed by atoms with E-state index < -0.39 is 18.5 Å². The Bertz CT molecular complexity index is 400. The van der Waals surface area contributed by atoms with Crippen LogP contribution in [0.5, 0.6) is 0 Å². The number of carbonyl (C=O) groups is 2. The van der Waals surface area contributed by atoms with Crippen LogP contribution in [0.2, 0.25) is 0 Å². The van der Waals surface area contributed by atoms with E-state index in [2.05, 4.69) is 20.3 Å². The zero-order valence-corrected chi connectivity index (χ0v) is 9.69. The van der Waals surface area contributed by atoms with E-state index in [9.17, 15) is 9.59 Å². The second kappa shape index (κ2) is 6.00. The first-order valence-electron chi connectivity index (χ1n) is 5.13. The normalized spacial score (nSPS) is 10.5. The van der Waals surface area contributed by atoms with Crippen molar-refractivity contribution >= 4 is 17.7 Å². The summed E-state index contributed by atoms with van der Waals surface area (Å²) in [4.78, 5) is 21.4. The summed E-state index contributed by atoms with van der Waals surface area (Å²) in [5, 5.41) is 17.5. The van der Waals surface area contributed by atoms with Gasteiger partial charge in [0.05, 0.1) is 0 Å². The predicted molar refractivity (Wildman–Crippen MR) is 59.8 cm³/mol. The van der Waals surface area contributed by atoms with Crippen LogP contribution in [0.3, 0.4) is 0 Å². The number of carboxylic acid groups (broad SMARTS) is 1. The molecule has 1 heterocycles. The number of amides is 1. The lowest BCUT2D eigenvalue weighted by Crippen LogP contribution is -2.20. The predicted octanol–water partition coefficient (Wildman–Crippen LogP) is 0.573. The third-order valence-electron chi connectivity index (χ3n) is 1.95. The average molecular weight is 241 g/mol. The molecule has 0 fully saturated rings. The molecule has 0 saturated carbocycles. The van der Waals surface area contributed by atoms with Gasteiger partial charge in [-0.2, -0.15) is 5.10 Å². The number of hydrogen-bond acceptors (Lipinski definition) is 4. The molecule has 1 aromatic heterocycles. The number of aromatic amines is 1. The maximum Gasteiger partial charge on any atom is 0.329 e. The van der Waals surface area contributed by atoms with E-state index >= 15 is 0 Å². The topological polar surface area (TPSA) is 104 Å². The molecule has 0 bridgehead atoms. The Kier molecular flexibility index (Phi) is 4.65. The molecule has 1 rings (SSSR count). The molecule has 0 saturated heterocycles. The number of hydrogen-bond donors (Lipinski definition) is 3. The molecule has 1 aromatic rings. The molecule has 94 valence electrons. The Morgan fingerprint density at radius 2 is 2.24 bits per heavy atom. The van der Waals surface area contributed by atoms with E-state index in [4.69, 9.17) is 5.11 Å². The van der Waals surface area contributed by atoms with Gasteiger partial charge in [0, 0.05) is 11.8 Å². The Hall–Kier alpha value is -1.89. The number of carbonyl (C=O) groups excluding carboxylic acids is 1. The van der Waals surface area contributed by atoms with Crippen molar-refractivity contribution in [2.24, 2.45) is 0 Å². The molecule has 1 amide bonds. The molecule has 3 N–H and O–H groups in total. The average Bonchev–Trinajstić information content (AvgIpc) is 2.65. The number of ether oxygens (including phenoxy) is 1. The Morgan fingerprint density at radius 3 is 2.76 bits per heavy atom. The fraction of sp³-hybridized carbons (Fsp3) is 0.500. The molecule has 7 heteroatoms. The van der Waals surface area contributed by atoms with Gasteiger partial charge in [-0.15, -0.1) is 0 Å². The first-order chi connectivity index (χ1) is 7.99. The maximum atomic E-state index is 11.3. The Balaban J connectivity index is 2.37. The minimum absolute atomic E-state index is 0.288. The number of anilines is 1. The summed E-state index contributed by atoms with van der Waals surface area (Å²) in [6.07, 6.45) is 0. The molecule has 0 unspecified atom stereocenters. The third-order valence-corrected chi connectivity index (χ3v) is 1.95. The van der Waals surface area contributed by atoms with Crippen LogP contribution in [0.15, 0.2) is 6.07 Å². The fourth-order valence-electron chi connectivity index (χ4n) is 1.11. The van der Waals surface area contributed by atoms with E-state index in [-0.39, 0.29) is 12.5 Å². The van der Waals surface area contributed by atoms with E-state index in [1.165, 1.54) is 0 Å². The van der Waals surface area contributed by atoms with Gasteiger partial charge >= 0.3 is 5.97 Å². The van der Waals surface area contributed by atoms with Crippen LogP contribution in [0.4, 0.5) is 5.82 Å². The van der Waals surface area contributed by atoms with E-state index in [1.54, 1.807) is 6.07 Å². The molecular weight excluding hydrogens is 226 g/mol. The molecule has 0 aromatic carbocycles. The van der Waals surface area contributed by atoms with Gasteiger partial charge in [-0.1, -0.05) is 13.8 Å². The highest BCUT2D eigenvalue weighted by Crippen LogP contribution is 2.14. The van der Waals surface area contributed by atoms with Crippen molar-refractivity contribution in [3.05, 3.63) is 11.8 Å². The summed E-state index contributed by atoms with van der Waals surface area (Å²) in [7, 11) is 0. The van der Waals surface area contributed by atoms with E-state index in [1.807, 2.05) is 13.8 Å². The van der Waals surface area contributed by atoms with Crippen molar-refractivity contribution in [2.45, 2.75) is 19.8 Å². The fourth-order valence-corrected chi connectivity index (χ4v) is 1.11. The number of H-pyrrole nitrogens is 1. The van der Waals surface area contributed by atoms with Crippen LogP contribution < -0.4 is 5.32 Å². The van der Waals surface area contributed by atoms with Gasteiger partial charge < -0.3 is 15.2 Å². The zero-order chi connectivity index (χ0) is 12.8. The van der Waals surface area contributed by atoms with Crippen molar-refractivity contribution in [3.8, 4) is 0 Å². The number of aliphatic carboxylic acids is 1. The quantitative estimate of drug-likeness (QED) is 0.675. The first-order valence-corrected chi connectivity index (χ1v) is 5.13. The first kappa shape index (κ1) is 13.2. The number of nitrogens with zero attached hydrogens (tertiary/aromatic N) is 1. The number of carboxylic acids is 1. The van der Waals surface area contributed by atoms with Gasteiger partial charge in [0.15, 0.2) is 5.82 Å². The van der Waals surface area contributed by atoms with Crippen LogP contribution in [0, 0.1) is 0 Å². The standard InChI is InChI=1S/C10H15N3O4/c1-6(2)7-3-8(13-12-7)11-9(14)4-17-5-10(15)16/h3,6H,4-5H2,1-2H3,(H,15,16)(H2,11,12,13,14). The molecule has 0 radical (unpaired) electrons. The van der Waals surface area contributed by atoms with Crippen molar-refractivity contribution in [3.63, 3.8) is 0 Å². The van der Waals surface area contributed by atoms with Crippen molar-refractivity contribution < 1.29 is 19.4 Å². The molecule has 0 aliphatic heterocycles. The number of rotatable bonds is 6. The molecule has 0 aliphatic carbocycles. The lowest BCUT2D eigenvalue weighted by atomic mass is 10.1. The summed E-state index contributed by atoms with van der Waals surface area (Å²) in [5.74, 6) is -0.859. The number of aromatic nitrogens is 2. The van der Waals surface area contributed by atoms with Gasteiger partial charge in [-0.25, -0.2) is 4.79 Å². The highest BCUT2D eigenvalue weighted by Gasteiger charge is 2.08. The molecular formula is C10H15N3O4. The van der Waals surface area contributed by atoms with Gasteiger partial charge in [0.25, 0.3) is 5.91 Å². The van der Waals surface area contributed by atoms with Crippen molar-refractivity contribution in [1.29, 1.82) is 0 Å². The second-order valence-corrected chi connectivity index (χ2v) is 3.80. The number of nitrogens with one attached hydrogen (secondary N) is 2. The Labute approximate surface area is 98.2 Å². The molecule has 0 atom stereocenters. The summed E-state index contributed by atoms with van der Waals surface area (Å²) in [5.41, 5.74) is 0.909. The lowest BCUT2D eigenvalue weighted by molar-refractivity contribution is -0.143. The molecule has 17 heavy (non-hydrogen) atoms. The van der Waals surface area contributed by atoms with Crippen molar-refractivity contribution in [1.82, 2.24) is 10.2 Å². The van der Waals surface area contributed by atoms with E-state index in [0.717, 1.165) is 5.69 Å². The maximum absolute atomic E-state index is 11.3. The lowest BCUT2D eigenvalue weighted by Gasteiger charge is -2.01. The summed E-state index contributed by atoms with van der Waals surface area (Å²) in [6.45, 7) is 3.19. The third kappa shape index (κ3) is 4.64. The van der Waals surface area contributed by atoms with E-state index in [0.29, 0.717) is 5.82 Å². The smallest absolute Gasteiger partial charge is 0.329 e. The minimum atomic E-state index is -1.11. The second-order valence-electron chi connectivity index (χ2n) is 3.80. The van der Waals surface area contributed by atoms with Crippen LogP contribution in [-0.2, 0) is 14.3 Å². The summed E-state index contributed by atoms with van der Waals surface area (Å²) < 4.78 is 4.63.